The summed E-state index contributed by atoms with van der Waals surface area (Å²) >= 11 is 0. The first-order valence-corrected chi connectivity index (χ1v) is 7.33. The smallest absolute Gasteiger partial charge is 0.347 e. The summed E-state index contributed by atoms with van der Waals surface area (Å²) in [7, 11) is 0. The molecule has 0 spiro atoms. The zero-order valence-corrected chi connectivity index (χ0v) is 13.1. The van der Waals surface area contributed by atoms with E-state index in [0.29, 0.717) is 18.5 Å². The van der Waals surface area contributed by atoms with Crippen LogP contribution in [0.1, 0.15) is 39.7 Å². The maximum atomic E-state index is 14.0. The average Bonchev–Trinajstić information content (AvgIpc) is 2.44. The van der Waals surface area contributed by atoms with Gasteiger partial charge in [0.05, 0.1) is 6.61 Å². The predicted octanol–water partition coefficient (Wildman–Crippen LogP) is 3.04. The molecule has 1 rings (SSSR count). The Morgan fingerprint density at radius 1 is 1.33 bits per heavy atom. The van der Waals surface area contributed by atoms with Crippen LogP contribution in [0.25, 0.3) is 0 Å². The standard InChI is InChI=1S/C16H24FNO3/c1-5-14(16(19)20-6-2)21-15-12(10-18-11(3)4)8-7-9-13(15)17/h7-9,11,14,18H,5-6,10H2,1-4H3. The highest BCUT2D eigenvalue weighted by molar-refractivity contribution is 5.75. The van der Waals surface area contributed by atoms with E-state index in [-0.39, 0.29) is 18.4 Å². The molecule has 1 aromatic carbocycles. The molecule has 0 fully saturated rings. The van der Waals surface area contributed by atoms with E-state index in [2.05, 4.69) is 5.32 Å². The number of benzene rings is 1. The third kappa shape index (κ3) is 5.34. The van der Waals surface area contributed by atoms with Crippen molar-refractivity contribution in [2.45, 2.75) is 52.8 Å². The Labute approximate surface area is 125 Å². The van der Waals surface area contributed by atoms with E-state index in [1.54, 1.807) is 26.0 Å². The van der Waals surface area contributed by atoms with Crippen molar-refractivity contribution in [3.8, 4) is 5.75 Å². The predicted molar refractivity (Wildman–Crippen MR) is 79.7 cm³/mol. The molecule has 1 aromatic rings. The normalized spacial score (nSPS) is 12.3. The van der Waals surface area contributed by atoms with Crippen LogP contribution in [0.5, 0.6) is 5.75 Å². The summed E-state index contributed by atoms with van der Waals surface area (Å²) in [6.45, 7) is 8.29. The lowest BCUT2D eigenvalue weighted by molar-refractivity contribution is -0.151. The summed E-state index contributed by atoms with van der Waals surface area (Å²) in [4.78, 5) is 11.8. The number of esters is 1. The van der Waals surface area contributed by atoms with Crippen molar-refractivity contribution in [1.82, 2.24) is 5.32 Å². The highest BCUT2D eigenvalue weighted by atomic mass is 19.1. The summed E-state index contributed by atoms with van der Waals surface area (Å²) < 4.78 is 24.5. The van der Waals surface area contributed by atoms with E-state index < -0.39 is 17.9 Å². The van der Waals surface area contributed by atoms with E-state index >= 15 is 0 Å². The molecule has 0 amide bonds. The molecule has 0 aliphatic carbocycles. The second kappa shape index (κ2) is 8.62. The minimum absolute atomic E-state index is 0.116. The van der Waals surface area contributed by atoms with Gasteiger partial charge in [0.1, 0.15) is 0 Å². The summed E-state index contributed by atoms with van der Waals surface area (Å²) in [5.74, 6) is -0.822. The molecule has 0 bridgehead atoms. The lowest BCUT2D eigenvalue weighted by atomic mass is 10.1. The Hall–Kier alpha value is -1.62. The molecule has 0 aromatic heterocycles. The number of halogens is 1. The third-order valence-corrected chi connectivity index (χ3v) is 2.93. The van der Waals surface area contributed by atoms with E-state index in [9.17, 15) is 9.18 Å². The number of hydrogen-bond acceptors (Lipinski definition) is 4. The van der Waals surface area contributed by atoms with Crippen molar-refractivity contribution >= 4 is 5.97 Å². The van der Waals surface area contributed by atoms with E-state index in [1.165, 1.54) is 6.07 Å². The fraction of sp³-hybridized carbons (Fsp3) is 0.562. The first-order valence-electron chi connectivity index (χ1n) is 7.33. The third-order valence-electron chi connectivity index (χ3n) is 2.93. The zero-order chi connectivity index (χ0) is 15.8. The van der Waals surface area contributed by atoms with Gasteiger partial charge in [-0.25, -0.2) is 9.18 Å². The van der Waals surface area contributed by atoms with Gasteiger partial charge < -0.3 is 14.8 Å². The second-order valence-electron chi connectivity index (χ2n) is 5.03. The number of carbonyl (C=O) groups excluding carboxylic acids is 1. The minimum atomic E-state index is -0.792. The molecule has 1 unspecified atom stereocenters. The Kier molecular flexibility index (Phi) is 7.15. The Balaban J connectivity index is 2.91. The molecule has 0 saturated heterocycles. The van der Waals surface area contributed by atoms with Gasteiger partial charge in [0.15, 0.2) is 17.7 Å². The molecule has 0 heterocycles. The fourth-order valence-electron chi connectivity index (χ4n) is 1.81. The zero-order valence-electron chi connectivity index (χ0n) is 13.1. The van der Waals surface area contributed by atoms with Gasteiger partial charge >= 0.3 is 5.97 Å². The largest absolute Gasteiger partial charge is 0.475 e. The first-order chi connectivity index (χ1) is 9.99. The monoisotopic (exact) mass is 297 g/mol. The summed E-state index contributed by atoms with van der Waals surface area (Å²) in [6.07, 6.45) is -0.371. The highest BCUT2D eigenvalue weighted by Gasteiger charge is 2.22. The van der Waals surface area contributed by atoms with Gasteiger partial charge in [0, 0.05) is 18.2 Å². The highest BCUT2D eigenvalue weighted by Crippen LogP contribution is 2.25. The van der Waals surface area contributed by atoms with Crippen LogP contribution in [0, 0.1) is 5.82 Å². The van der Waals surface area contributed by atoms with Gasteiger partial charge in [-0.3, -0.25) is 0 Å². The van der Waals surface area contributed by atoms with Gasteiger partial charge in [-0.05, 0) is 19.4 Å². The van der Waals surface area contributed by atoms with Crippen LogP contribution in [-0.2, 0) is 16.1 Å². The molecule has 0 saturated carbocycles. The van der Waals surface area contributed by atoms with Crippen molar-refractivity contribution in [2.24, 2.45) is 0 Å². The van der Waals surface area contributed by atoms with Crippen molar-refractivity contribution < 1.29 is 18.7 Å². The van der Waals surface area contributed by atoms with Crippen molar-refractivity contribution in [2.75, 3.05) is 6.61 Å². The van der Waals surface area contributed by atoms with Gasteiger partial charge in [-0.1, -0.05) is 32.9 Å². The average molecular weight is 297 g/mol. The van der Waals surface area contributed by atoms with Crippen molar-refractivity contribution in [3.63, 3.8) is 0 Å². The lowest BCUT2D eigenvalue weighted by Gasteiger charge is -2.19. The Morgan fingerprint density at radius 3 is 2.62 bits per heavy atom. The van der Waals surface area contributed by atoms with E-state index in [4.69, 9.17) is 9.47 Å². The van der Waals surface area contributed by atoms with Crippen LogP contribution in [0.15, 0.2) is 18.2 Å². The van der Waals surface area contributed by atoms with Crippen LogP contribution < -0.4 is 10.1 Å². The van der Waals surface area contributed by atoms with Crippen LogP contribution >= 0.6 is 0 Å². The van der Waals surface area contributed by atoms with Gasteiger partial charge in [0.25, 0.3) is 0 Å². The SMILES string of the molecule is CCOC(=O)C(CC)Oc1c(F)cccc1CNC(C)C. The van der Waals surface area contributed by atoms with E-state index in [0.717, 1.165) is 0 Å². The number of rotatable bonds is 8. The van der Waals surface area contributed by atoms with Gasteiger partial charge in [0.2, 0.25) is 0 Å². The number of nitrogens with one attached hydrogen (secondary N) is 1. The molecule has 0 radical (unpaired) electrons. The topological polar surface area (TPSA) is 47.6 Å². The number of carbonyl (C=O) groups is 1. The van der Waals surface area contributed by atoms with E-state index in [1.807, 2.05) is 13.8 Å². The van der Waals surface area contributed by atoms with Gasteiger partial charge in [-0.2, -0.15) is 0 Å². The fourth-order valence-corrected chi connectivity index (χ4v) is 1.81. The molecule has 1 atom stereocenters. The Morgan fingerprint density at radius 2 is 2.05 bits per heavy atom. The minimum Gasteiger partial charge on any atom is -0.475 e. The van der Waals surface area contributed by atoms with Crippen molar-refractivity contribution in [3.05, 3.63) is 29.6 Å². The summed E-state index contributed by atoms with van der Waals surface area (Å²) in [6, 6.07) is 5.01. The lowest BCUT2D eigenvalue weighted by Crippen LogP contribution is -2.30. The van der Waals surface area contributed by atoms with Crippen molar-refractivity contribution in [1.29, 1.82) is 0 Å². The van der Waals surface area contributed by atoms with Crippen LogP contribution in [0.4, 0.5) is 4.39 Å². The van der Waals surface area contributed by atoms with Crippen LogP contribution in [0.3, 0.4) is 0 Å². The molecule has 118 valence electrons. The molecule has 0 aliphatic rings. The molecular weight excluding hydrogens is 273 g/mol. The number of hydrogen-bond donors (Lipinski definition) is 1. The summed E-state index contributed by atoms with van der Waals surface area (Å²) in [5, 5.41) is 3.21. The first kappa shape index (κ1) is 17.4. The Bertz CT molecular complexity index is 463. The quantitative estimate of drug-likeness (QED) is 0.749. The van der Waals surface area contributed by atoms with Crippen LogP contribution in [-0.4, -0.2) is 24.7 Å². The molecule has 5 heteroatoms. The number of para-hydroxylation sites is 1. The second-order valence-corrected chi connectivity index (χ2v) is 5.03. The van der Waals surface area contributed by atoms with Gasteiger partial charge in [-0.15, -0.1) is 0 Å². The molecule has 1 N–H and O–H groups in total. The molecule has 21 heavy (non-hydrogen) atoms. The van der Waals surface area contributed by atoms with Crippen LogP contribution in [0.2, 0.25) is 0 Å². The molecule has 0 aliphatic heterocycles. The number of ether oxygens (including phenoxy) is 2. The molecule has 4 nitrogen and oxygen atoms in total. The maximum absolute atomic E-state index is 14.0. The maximum Gasteiger partial charge on any atom is 0.347 e. The summed E-state index contributed by atoms with van der Waals surface area (Å²) in [5.41, 5.74) is 0.687. The molecular formula is C16H24FNO3.